The highest BCUT2D eigenvalue weighted by Gasteiger charge is 2.40. The summed E-state index contributed by atoms with van der Waals surface area (Å²) in [6.45, 7) is 5.90. The summed E-state index contributed by atoms with van der Waals surface area (Å²) >= 11 is 0. The van der Waals surface area contributed by atoms with Crippen LogP contribution in [0.15, 0.2) is 0 Å². The monoisotopic (exact) mass is 228 g/mol. The molecule has 0 saturated heterocycles. The highest BCUT2D eigenvalue weighted by molar-refractivity contribution is 4.96. The Morgan fingerprint density at radius 1 is 1.38 bits per heavy atom. The predicted molar refractivity (Wildman–Crippen MR) is 68.5 cm³/mol. The Morgan fingerprint density at radius 2 is 1.94 bits per heavy atom. The smallest absolute Gasteiger partial charge is 0.0661 e. The molecule has 0 radical (unpaired) electrons. The van der Waals surface area contributed by atoms with Crippen LogP contribution in [0, 0.1) is 5.92 Å². The summed E-state index contributed by atoms with van der Waals surface area (Å²) in [5, 5.41) is 0. The van der Waals surface area contributed by atoms with Crippen molar-refractivity contribution in [2.45, 2.75) is 51.1 Å². The van der Waals surface area contributed by atoms with Gasteiger partial charge in [0.2, 0.25) is 0 Å². The van der Waals surface area contributed by atoms with E-state index in [1.807, 2.05) is 0 Å². The summed E-state index contributed by atoms with van der Waals surface area (Å²) in [7, 11) is 4.00. The first-order valence-corrected chi connectivity index (χ1v) is 6.50. The molecule has 0 amide bonds. The van der Waals surface area contributed by atoms with E-state index in [1.54, 1.807) is 7.11 Å². The zero-order valence-corrected chi connectivity index (χ0v) is 11.3. The van der Waals surface area contributed by atoms with Crippen molar-refractivity contribution < 1.29 is 4.74 Å². The van der Waals surface area contributed by atoms with E-state index in [1.165, 1.54) is 25.7 Å². The molecule has 16 heavy (non-hydrogen) atoms. The van der Waals surface area contributed by atoms with Gasteiger partial charge in [-0.25, -0.2) is 0 Å². The molecule has 2 N–H and O–H groups in total. The third kappa shape index (κ3) is 2.58. The number of ether oxygens (including phenoxy) is 1. The van der Waals surface area contributed by atoms with Crippen LogP contribution in [-0.4, -0.2) is 43.8 Å². The molecule has 96 valence electrons. The van der Waals surface area contributed by atoms with Gasteiger partial charge >= 0.3 is 0 Å². The molecule has 1 saturated carbocycles. The fraction of sp³-hybridized carbons (Fsp3) is 1.00. The van der Waals surface area contributed by atoms with Crippen molar-refractivity contribution in [3.63, 3.8) is 0 Å². The van der Waals surface area contributed by atoms with Gasteiger partial charge in [0.05, 0.1) is 12.1 Å². The standard InChI is InChI=1S/C13H28N2O/c1-11(2)13(9-14,10-16-4)15(3)12-7-5-6-8-12/h11-12H,5-10,14H2,1-4H3. The summed E-state index contributed by atoms with van der Waals surface area (Å²) in [6, 6.07) is 0.695. The first-order valence-electron chi connectivity index (χ1n) is 6.50. The molecule has 1 fully saturated rings. The lowest BCUT2D eigenvalue weighted by molar-refractivity contribution is -0.0231. The van der Waals surface area contributed by atoms with Crippen LogP contribution >= 0.6 is 0 Å². The molecule has 3 nitrogen and oxygen atoms in total. The minimum atomic E-state index is 0.00373. The van der Waals surface area contributed by atoms with Crippen molar-refractivity contribution in [2.24, 2.45) is 11.7 Å². The second kappa shape index (κ2) is 5.99. The third-order valence-electron chi connectivity index (χ3n) is 4.40. The molecule has 0 aliphatic heterocycles. The number of hydrogen-bond donors (Lipinski definition) is 1. The van der Waals surface area contributed by atoms with E-state index in [0.717, 1.165) is 6.61 Å². The Kier molecular flexibility index (Phi) is 5.22. The summed E-state index contributed by atoms with van der Waals surface area (Å²) in [6.07, 6.45) is 5.35. The van der Waals surface area contributed by atoms with Crippen LogP contribution in [-0.2, 0) is 4.74 Å². The summed E-state index contributed by atoms with van der Waals surface area (Å²) in [5.41, 5.74) is 6.05. The van der Waals surface area contributed by atoms with Crippen LogP contribution < -0.4 is 5.73 Å². The highest BCUT2D eigenvalue weighted by Crippen LogP contribution is 2.32. The maximum atomic E-state index is 6.04. The number of likely N-dealkylation sites (N-methyl/N-ethyl adjacent to an activating group) is 1. The Balaban J connectivity index is 2.80. The normalized spacial score (nSPS) is 21.9. The largest absolute Gasteiger partial charge is 0.383 e. The van der Waals surface area contributed by atoms with E-state index in [4.69, 9.17) is 10.5 Å². The summed E-state index contributed by atoms with van der Waals surface area (Å²) < 4.78 is 5.42. The zero-order valence-electron chi connectivity index (χ0n) is 11.3. The fourth-order valence-corrected chi connectivity index (χ4v) is 3.02. The van der Waals surface area contributed by atoms with Gasteiger partial charge in [0.1, 0.15) is 0 Å². The lowest BCUT2D eigenvalue weighted by Crippen LogP contribution is -2.61. The Labute approximate surface area is 100 Å². The number of hydrogen-bond acceptors (Lipinski definition) is 3. The van der Waals surface area contributed by atoms with Crippen molar-refractivity contribution >= 4 is 0 Å². The van der Waals surface area contributed by atoms with Gasteiger partial charge in [-0.2, -0.15) is 0 Å². The number of methoxy groups -OCH3 is 1. The highest BCUT2D eigenvalue weighted by atomic mass is 16.5. The van der Waals surface area contributed by atoms with Gasteiger partial charge in [-0.15, -0.1) is 0 Å². The Hall–Kier alpha value is -0.120. The molecule has 1 aliphatic carbocycles. The van der Waals surface area contributed by atoms with Crippen molar-refractivity contribution in [3.05, 3.63) is 0 Å². The molecule has 1 atom stereocenters. The SMILES string of the molecule is COCC(CN)(C(C)C)N(C)C1CCCC1. The maximum Gasteiger partial charge on any atom is 0.0661 e. The summed E-state index contributed by atoms with van der Waals surface area (Å²) in [5.74, 6) is 0.517. The molecule has 1 unspecified atom stereocenters. The van der Waals surface area contributed by atoms with Crippen LogP contribution in [0.5, 0.6) is 0 Å². The van der Waals surface area contributed by atoms with Crippen LogP contribution in [0.1, 0.15) is 39.5 Å². The van der Waals surface area contributed by atoms with E-state index in [9.17, 15) is 0 Å². The lowest BCUT2D eigenvalue weighted by atomic mass is 9.84. The number of nitrogens with two attached hydrogens (primary N) is 1. The van der Waals surface area contributed by atoms with Gasteiger partial charge in [-0.1, -0.05) is 26.7 Å². The van der Waals surface area contributed by atoms with E-state index in [-0.39, 0.29) is 5.54 Å². The molecule has 0 aromatic heterocycles. The van der Waals surface area contributed by atoms with Gasteiger partial charge < -0.3 is 10.5 Å². The van der Waals surface area contributed by atoms with Gasteiger partial charge in [-0.05, 0) is 25.8 Å². The third-order valence-corrected chi connectivity index (χ3v) is 4.40. The minimum absolute atomic E-state index is 0.00373. The van der Waals surface area contributed by atoms with E-state index >= 15 is 0 Å². The van der Waals surface area contributed by atoms with Crippen LogP contribution in [0.2, 0.25) is 0 Å². The lowest BCUT2D eigenvalue weighted by Gasteiger charge is -2.47. The molecule has 1 aliphatic rings. The van der Waals surface area contributed by atoms with Crippen LogP contribution in [0.25, 0.3) is 0 Å². The fourth-order valence-electron chi connectivity index (χ4n) is 3.02. The van der Waals surface area contributed by atoms with E-state index in [2.05, 4.69) is 25.8 Å². The van der Waals surface area contributed by atoms with Gasteiger partial charge in [0.15, 0.2) is 0 Å². The predicted octanol–water partition coefficient (Wildman–Crippen LogP) is 1.86. The average molecular weight is 228 g/mol. The summed E-state index contributed by atoms with van der Waals surface area (Å²) in [4.78, 5) is 2.49. The van der Waals surface area contributed by atoms with E-state index < -0.39 is 0 Å². The zero-order chi connectivity index (χ0) is 12.2. The number of nitrogens with zero attached hydrogens (tertiary/aromatic N) is 1. The first-order chi connectivity index (χ1) is 7.58. The Bertz CT molecular complexity index is 202. The van der Waals surface area contributed by atoms with Crippen molar-refractivity contribution in [2.75, 3.05) is 27.3 Å². The molecular formula is C13H28N2O. The van der Waals surface area contributed by atoms with Crippen LogP contribution in [0.4, 0.5) is 0 Å². The van der Waals surface area contributed by atoms with Crippen molar-refractivity contribution in [1.82, 2.24) is 4.90 Å². The first kappa shape index (κ1) is 13.9. The van der Waals surface area contributed by atoms with Gasteiger partial charge in [-0.3, -0.25) is 4.90 Å². The second-order valence-corrected chi connectivity index (χ2v) is 5.44. The molecular weight excluding hydrogens is 200 g/mol. The molecule has 0 aromatic rings. The topological polar surface area (TPSA) is 38.5 Å². The molecule has 3 heteroatoms. The quantitative estimate of drug-likeness (QED) is 0.754. The molecule has 0 aromatic carbocycles. The van der Waals surface area contributed by atoms with Gasteiger partial charge in [0, 0.05) is 19.7 Å². The van der Waals surface area contributed by atoms with Gasteiger partial charge in [0.25, 0.3) is 0 Å². The van der Waals surface area contributed by atoms with Crippen molar-refractivity contribution in [1.29, 1.82) is 0 Å². The van der Waals surface area contributed by atoms with Crippen molar-refractivity contribution in [3.8, 4) is 0 Å². The van der Waals surface area contributed by atoms with E-state index in [0.29, 0.717) is 18.5 Å². The maximum absolute atomic E-state index is 6.04. The molecule has 0 spiro atoms. The second-order valence-electron chi connectivity index (χ2n) is 5.44. The van der Waals surface area contributed by atoms with Crippen LogP contribution in [0.3, 0.4) is 0 Å². The molecule has 1 rings (SSSR count). The average Bonchev–Trinajstić information content (AvgIpc) is 2.77. The Morgan fingerprint density at radius 3 is 2.31 bits per heavy atom. The minimum Gasteiger partial charge on any atom is -0.383 e. The number of rotatable bonds is 6. The molecule has 0 bridgehead atoms. The molecule has 0 heterocycles.